The highest BCUT2D eigenvalue weighted by Gasteiger charge is 2.24. The molecule has 8 heteroatoms. The van der Waals surface area contributed by atoms with Crippen molar-refractivity contribution in [3.05, 3.63) is 53.7 Å². The van der Waals surface area contributed by atoms with Crippen molar-refractivity contribution in [1.29, 1.82) is 0 Å². The summed E-state index contributed by atoms with van der Waals surface area (Å²) in [4.78, 5) is 27.7. The molecular formula is C21H27N5O3. The summed E-state index contributed by atoms with van der Waals surface area (Å²) in [7, 11) is 1.75. The summed E-state index contributed by atoms with van der Waals surface area (Å²) in [6.07, 6.45) is 1.36. The van der Waals surface area contributed by atoms with E-state index in [1.165, 1.54) is 0 Å². The molecule has 0 radical (unpaired) electrons. The Bertz CT molecular complexity index is 805. The molecule has 1 aromatic carbocycles. The molecule has 29 heavy (non-hydrogen) atoms. The highest BCUT2D eigenvalue weighted by atomic mass is 16.6. The number of carbonyl (C=O) groups is 2. The molecule has 1 aliphatic heterocycles. The number of ether oxygens (including phenoxy) is 1. The third-order valence-electron chi connectivity index (χ3n) is 4.87. The Morgan fingerprint density at radius 2 is 1.86 bits per heavy atom. The van der Waals surface area contributed by atoms with Crippen molar-refractivity contribution in [3.63, 3.8) is 0 Å². The van der Waals surface area contributed by atoms with Crippen LogP contribution in [0.1, 0.15) is 35.8 Å². The van der Waals surface area contributed by atoms with Crippen LogP contribution in [0, 0.1) is 0 Å². The summed E-state index contributed by atoms with van der Waals surface area (Å²) >= 11 is 0. The maximum absolute atomic E-state index is 12.6. The van der Waals surface area contributed by atoms with E-state index in [1.807, 2.05) is 30.3 Å². The molecule has 0 spiro atoms. The topological polar surface area (TPSA) is 87.7 Å². The van der Waals surface area contributed by atoms with Gasteiger partial charge < -0.3 is 19.9 Å². The van der Waals surface area contributed by atoms with Crippen LogP contribution in [0.25, 0.3) is 0 Å². The zero-order valence-electron chi connectivity index (χ0n) is 16.9. The number of nitrogens with zero attached hydrogens (tertiary/aromatic N) is 4. The van der Waals surface area contributed by atoms with Crippen molar-refractivity contribution in [2.75, 3.05) is 32.1 Å². The number of likely N-dealkylation sites (tertiary alicyclic amines) is 1. The van der Waals surface area contributed by atoms with Crippen LogP contribution in [0.2, 0.25) is 0 Å². The highest BCUT2D eigenvalue weighted by Crippen LogP contribution is 2.16. The first-order chi connectivity index (χ1) is 14.1. The van der Waals surface area contributed by atoms with Gasteiger partial charge in [0.2, 0.25) is 0 Å². The van der Waals surface area contributed by atoms with Crippen molar-refractivity contribution in [2.45, 2.75) is 32.4 Å². The molecule has 1 fully saturated rings. The minimum atomic E-state index is -0.256. The smallest absolute Gasteiger partial charge is 0.409 e. The Balaban J connectivity index is 1.50. The predicted molar refractivity (Wildman–Crippen MR) is 110 cm³/mol. The number of carbonyl (C=O) groups excluding carboxylic acids is 2. The van der Waals surface area contributed by atoms with Gasteiger partial charge in [0.25, 0.3) is 5.91 Å². The number of hydrogen-bond donors (Lipinski definition) is 1. The molecular weight excluding hydrogens is 370 g/mol. The lowest BCUT2D eigenvalue weighted by molar-refractivity contribution is 0.0778. The predicted octanol–water partition coefficient (Wildman–Crippen LogP) is 2.78. The van der Waals surface area contributed by atoms with Crippen LogP contribution in [-0.4, -0.2) is 64.8 Å². The third kappa shape index (κ3) is 5.66. The Kier molecular flexibility index (Phi) is 6.99. The van der Waals surface area contributed by atoms with Crippen LogP contribution < -0.4 is 5.32 Å². The number of amides is 2. The molecule has 0 unspecified atom stereocenters. The average Bonchev–Trinajstić information content (AvgIpc) is 2.75. The van der Waals surface area contributed by atoms with Gasteiger partial charge >= 0.3 is 6.09 Å². The standard InChI is InChI=1S/C21H27N5O3/c1-3-29-21(28)26-13-11-17(12-14-26)22-19-10-9-18(23-24-19)20(27)25(2)15-16-7-5-4-6-8-16/h4-10,17H,3,11-15H2,1-2H3,(H,22,24). The fraction of sp³-hybridized carbons (Fsp3) is 0.429. The van der Waals surface area contributed by atoms with Crippen molar-refractivity contribution >= 4 is 17.8 Å². The molecule has 3 rings (SSSR count). The normalized spacial score (nSPS) is 14.3. The third-order valence-corrected chi connectivity index (χ3v) is 4.87. The number of nitrogens with one attached hydrogen (secondary N) is 1. The minimum absolute atomic E-state index is 0.171. The van der Waals surface area contributed by atoms with Crippen molar-refractivity contribution in [2.24, 2.45) is 0 Å². The molecule has 0 atom stereocenters. The van der Waals surface area contributed by atoms with Gasteiger partial charge in [-0.2, -0.15) is 0 Å². The van der Waals surface area contributed by atoms with Gasteiger partial charge in [-0.3, -0.25) is 4.79 Å². The summed E-state index contributed by atoms with van der Waals surface area (Å²) < 4.78 is 5.04. The summed E-state index contributed by atoms with van der Waals surface area (Å²) in [5.41, 5.74) is 1.37. The van der Waals surface area contributed by atoms with E-state index in [9.17, 15) is 9.59 Å². The van der Waals surface area contributed by atoms with Crippen molar-refractivity contribution in [3.8, 4) is 0 Å². The first-order valence-corrected chi connectivity index (χ1v) is 9.88. The van der Waals surface area contributed by atoms with E-state index < -0.39 is 0 Å². The fourth-order valence-corrected chi connectivity index (χ4v) is 3.28. The van der Waals surface area contributed by atoms with E-state index in [0.717, 1.165) is 18.4 Å². The fourth-order valence-electron chi connectivity index (χ4n) is 3.28. The number of benzene rings is 1. The van der Waals surface area contributed by atoms with Crippen LogP contribution in [0.15, 0.2) is 42.5 Å². The molecule has 1 aromatic heterocycles. The highest BCUT2D eigenvalue weighted by molar-refractivity contribution is 5.92. The zero-order chi connectivity index (χ0) is 20.6. The SMILES string of the molecule is CCOC(=O)N1CCC(Nc2ccc(C(=O)N(C)Cc3ccccc3)nn2)CC1. The van der Waals surface area contributed by atoms with E-state index in [1.54, 1.807) is 35.9 Å². The largest absolute Gasteiger partial charge is 0.450 e. The van der Waals surface area contributed by atoms with E-state index >= 15 is 0 Å². The number of piperidine rings is 1. The minimum Gasteiger partial charge on any atom is -0.450 e. The van der Waals surface area contributed by atoms with Gasteiger partial charge in [-0.05, 0) is 37.5 Å². The Labute approximate surface area is 170 Å². The number of anilines is 1. The van der Waals surface area contributed by atoms with E-state index in [0.29, 0.717) is 37.8 Å². The van der Waals surface area contributed by atoms with Crippen LogP contribution in [0.3, 0.4) is 0 Å². The molecule has 0 bridgehead atoms. The van der Waals surface area contributed by atoms with Crippen LogP contribution in [0.4, 0.5) is 10.6 Å². The lowest BCUT2D eigenvalue weighted by atomic mass is 10.1. The van der Waals surface area contributed by atoms with Gasteiger partial charge in [0.1, 0.15) is 5.82 Å². The molecule has 154 valence electrons. The summed E-state index contributed by atoms with van der Waals surface area (Å²) in [6.45, 7) is 3.99. The van der Waals surface area contributed by atoms with Crippen molar-refractivity contribution < 1.29 is 14.3 Å². The second kappa shape index (κ2) is 9.86. The molecule has 2 heterocycles. The van der Waals surface area contributed by atoms with Gasteiger partial charge in [0.15, 0.2) is 5.69 Å². The van der Waals surface area contributed by atoms with Crippen molar-refractivity contribution in [1.82, 2.24) is 20.0 Å². The molecule has 1 saturated heterocycles. The van der Waals surface area contributed by atoms with E-state index in [2.05, 4.69) is 15.5 Å². The van der Waals surface area contributed by atoms with Crippen LogP contribution in [-0.2, 0) is 11.3 Å². The number of aromatic nitrogens is 2. The van der Waals surface area contributed by atoms with E-state index in [-0.39, 0.29) is 18.0 Å². The molecule has 0 saturated carbocycles. The molecule has 8 nitrogen and oxygen atoms in total. The lowest BCUT2D eigenvalue weighted by Crippen LogP contribution is -2.42. The van der Waals surface area contributed by atoms with Gasteiger partial charge in [-0.15, -0.1) is 10.2 Å². The monoisotopic (exact) mass is 397 g/mol. The lowest BCUT2D eigenvalue weighted by Gasteiger charge is -2.31. The molecule has 1 N–H and O–H groups in total. The Hall–Kier alpha value is -3.16. The average molecular weight is 397 g/mol. The quantitative estimate of drug-likeness (QED) is 0.806. The maximum Gasteiger partial charge on any atom is 0.409 e. The maximum atomic E-state index is 12.6. The molecule has 2 amide bonds. The Morgan fingerprint density at radius 3 is 2.48 bits per heavy atom. The van der Waals surface area contributed by atoms with Gasteiger partial charge in [0.05, 0.1) is 6.61 Å². The van der Waals surface area contributed by atoms with Crippen LogP contribution >= 0.6 is 0 Å². The first-order valence-electron chi connectivity index (χ1n) is 9.88. The number of hydrogen-bond acceptors (Lipinski definition) is 6. The second-order valence-electron chi connectivity index (χ2n) is 7.06. The van der Waals surface area contributed by atoms with Gasteiger partial charge in [0, 0.05) is 32.7 Å². The number of rotatable bonds is 6. The van der Waals surface area contributed by atoms with E-state index in [4.69, 9.17) is 4.74 Å². The van der Waals surface area contributed by atoms with Gasteiger partial charge in [-0.25, -0.2) is 4.79 Å². The zero-order valence-corrected chi connectivity index (χ0v) is 16.9. The van der Waals surface area contributed by atoms with Gasteiger partial charge in [-0.1, -0.05) is 30.3 Å². The first kappa shape index (κ1) is 20.6. The molecule has 1 aliphatic rings. The second-order valence-corrected chi connectivity index (χ2v) is 7.06. The molecule has 0 aliphatic carbocycles. The summed E-state index contributed by atoms with van der Waals surface area (Å²) in [5, 5.41) is 11.6. The summed E-state index contributed by atoms with van der Waals surface area (Å²) in [5.74, 6) is 0.456. The summed E-state index contributed by atoms with van der Waals surface area (Å²) in [6, 6.07) is 13.5. The Morgan fingerprint density at radius 1 is 1.14 bits per heavy atom. The van der Waals surface area contributed by atoms with Crippen LogP contribution in [0.5, 0.6) is 0 Å². The molecule has 2 aromatic rings.